The Morgan fingerprint density at radius 1 is 1.13 bits per heavy atom. The minimum atomic E-state index is -0.833. The highest BCUT2D eigenvalue weighted by Gasteiger charge is 2.75. The molecule has 9 heteroatoms. The van der Waals surface area contributed by atoms with Crippen LogP contribution < -0.4 is 0 Å². The first-order chi connectivity index (χ1) is 14.2. The Morgan fingerprint density at radius 3 is 2.40 bits per heavy atom. The standard InChI is InChI=1S/C21H28O9/c1-11(23)26-6-14-7-27-19(30-13(3)25)18-16(14)17-15(4-5-21(18)10-29-21)20(17,8-22)9-28-12(2)24/h7,15-19,22H,4-6,8-10H2,1-3H3/t15-,16+,17-,18-,19+,20+,21+/m0/s1. The van der Waals surface area contributed by atoms with Crippen LogP contribution in [0.1, 0.15) is 33.6 Å². The molecule has 7 atom stereocenters. The van der Waals surface area contributed by atoms with Crippen LogP contribution >= 0.6 is 0 Å². The van der Waals surface area contributed by atoms with E-state index in [4.69, 9.17) is 23.7 Å². The summed E-state index contributed by atoms with van der Waals surface area (Å²) in [6.07, 6.45) is 2.18. The zero-order valence-electron chi connectivity index (χ0n) is 17.4. The summed E-state index contributed by atoms with van der Waals surface area (Å²) in [7, 11) is 0. The van der Waals surface area contributed by atoms with Gasteiger partial charge in [0, 0.05) is 37.7 Å². The highest BCUT2D eigenvalue weighted by molar-refractivity contribution is 5.67. The average molecular weight is 424 g/mol. The Morgan fingerprint density at radius 2 is 1.83 bits per heavy atom. The molecule has 30 heavy (non-hydrogen) atoms. The van der Waals surface area contributed by atoms with E-state index in [0.717, 1.165) is 18.4 Å². The SMILES string of the molecule is CC(=O)OCC1=CO[C@H](OC(C)=O)[C@@H]2[C@H]1[C@@H]1[C@H](CC[C@@]23CO3)[C@@]1(CO)COC(C)=O. The fourth-order valence-corrected chi connectivity index (χ4v) is 5.72. The first kappa shape index (κ1) is 21.1. The quantitative estimate of drug-likeness (QED) is 0.377. The van der Waals surface area contributed by atoms with Crippen LogP contribution in [0.3, 0.4) is 0 Å². The fourth-order valence-electron chi connectivity index (χ4n) is 5.72. The first-order valence-electron chi connectivity index (χ1n) is 10.3. The van der Waals surface area contributed by atoms with E-state index < -0.39 is 35.2 Å². The van der Waals surface area contributed by atoms with Crippen molar-refractivity contribution in [2.75, 3.05) is 26.4 Å². The molecule has 2 aliphatic heterocycles. The Labute approximate surface area is 174 Å². The lowest BCUT2D eigenvalue weighted by Gasteiger charge is -2.41. The molecular weight excluding hydrogens is 396 g/mol. The van der Waals surface area contributed by atoms with Gasteiger partial charge in [0.15, 0.2) is 0 Å². The number of carbonyl (C=O) groups excluding carboxylic acids is 3. The Balaban J connectivity index is 1.70. The number of epoxide rings is 1. The van der Waals surface area contributed by atoms with E-state index in [1.165, 1.54) is 27.0 Å². The highest BCUT2D eigenvalue weighted by atomic mass is 16.7. The lowest BCUT2D eigenvalue weighted by molar-refractivity contribution is -0.193. The maximum atomic E-state index is 11.7. The molecular formula is C21H28O9. The molecule has 0 aromatic heterocycles. The van der Waals surface area contributed by atoms with Gasteiger partial charge in [-0.15, -0.1) is 0 Å². The predicted octanol–water partition coefficient (Wildman–Crippen LogP) is 0.936. The molecule has 1 N–H and O–H groups in total. The number of fused-ring (bicyclic) bond motifs is 4. The van der Waals surface area contributed by atoms with Gasteiger partial charge in [-0.2, -0.15) is 0 Å². The second kappa shape index (κ2) is 7.53. The molecule has 2 aliphatic carbocycles. The Hall–Kier alpha value is -2.13. The van der Waals surface area contributed by atoms with E-state index in [-0.39, 0.29) is 43.5 Å². The zero-order chi connectivity index (χ0) is 21.7. The van der Waals surface area contributed by atoms with Gasteiger partial charge >= 0.3 is 17.9 Å². The average Bonchev–Trinajstić information content (AvgIpc) is 3.57. The van der Waals surface area contributed by atoms with E-state index in [2.05, 4.69) is 0 Å². The summed E-state index contributed by atoms with van der Waals surface area (Å²) in [5.41, 5.74) is -0.307. The van der Waals surface area contributed by atoms with Gasteiger partial charge in [0.2, 0.25) is 6.29 Å². The fraction of sp³-hybridized carbons (Fsp3) is 0.762. The molecule has 166 valence electrons. The van der Waals surface area contributed by atoms with Crippen molar-refractivity contribution in [3.63, 3.8) is 0 Å². The topological polar surface area (TPSA) is 121 Å². The second-order valence-electron chi connectivity index (χ2n) is 8.83. The third kappa shape index (κ3) is 3.47. The monoisotopic (exact) mass is 424 g/mol. The third-order valence-electron chi connectivity index (χ3n) is 7.14. The van der Waals surface area contributed by atoms with Crippen LogP contribution in [-0.2, 0) is 38.1 Å². The zero-order valence-corrected chi connectivity index (χ0v) is 17.4. The van der Waals surface area contributed by atoms with Crippen molar-refractivity contribution < 1.29 is 43.2 Å². The van der Waals surface area contributed by atoms with Crippen LogP contribution in [0.25, 0.3) is 0 Å². The van der Waals surface area contributed by atoms with E-state index in [1.807, 2.05) is 0 Å². The van der Waals surface area contributed by atoms with Gasteiger partial charge in [-0.05, 0) is 24.7 Å². The maximum absolute atomic E-state index is 11.7. The summed E-state index contributed by atoms with van der Waals surface area (Å²) in [6.45, 7) is 4.56. The van der Waals surface area contributed by atoms with Crippen LogP contribution in [0.5, 0.6) is 0 Å². The number of aliphatic hydroxyl groups is 1. The van der Waals surface area contributed by atoms with E-state index in [1.54, 1.807) is 0 Å². The Kier molecular flexibility index (Phi) is 5.30. The van der Waals surface area contributed by atoms with E-state index in [0.29, 0.717) is 6.61 Å². The molecule has 1 saturated heterocycles. The van der Waals surface area contributed by atoms with Crippen molar-refractivity contribution in [3.8, 4) is 0 Å². The summed E-state index contributed by atoms with van der Waals surface area (Å²) < 4.78 is 27.7. The van der Waals surface area contributed by atoms with Crippen LogP contribution in [0.15, 0.2) is 11.8 Å². The number of ether oxygens (including phenoxy) is 5. The van der Waals surface area contributed by atoms with Crippen molar-refractivity contribution in [1.29, 1.82) is 0 Å². The van der Waals surface area contributed by atoms with Crippen molar-refractivity contribution in [2.45, 2.75) is 45.5 Å². The van der Waals surface area contributed by atoms with Gasteiger partial charge in [-0.3, -0.25) is 14.4 Å². The van der Waals surface area contributed by atoms with Crippen LogP contribution in [0, 0.1) is 29.1 Å². The van der Waals surface area contributed by atoms with Gasteiger partial charge in [-0.1, -0.05) is 0 Å². The second-order valence-corrected chi connectivity index (χ2v) is 8.83. The van der Waals surface area contributed by atoms with Crippen LogP contribution in [0.2, 0.25) is 0 Å². The van der Waals surface area contributed by atoms with Crippen molar-refractivity contribution in [2.24, 2.45) is 29.1 Å². The molecule has 0 aromatic rings. The first-order valence-corrected chi connectivity index (χ1v) is 10.3. The molecule has 0 radical (unpaired) electrons. The van der Waals surface area contributed by atoms with Gasteiger partial charge in [0.25, 0.3) is 0 Å². The van der Waals surface area contributed by atoms with Crippen LogP contribution in [0.4, 0.5) is 0 Å². The number of rotatable bonds is 6. The minimum absolute atomic E-state index is 0.0394. The molecule has 1 spiro atoms. The van der Waals surface area contributed by atoms with Crippen molar-refractivity contribution in [1.82, 2.24) is 0 Å². The molecule has 0 unspecified atom stereocenters. The highest BCUT2D eigenvalue weighted by Crippen LogP contribution is 2.72. The smallest absolute Gasteiger partial charge is 0.305 e. The van der Waals surface area contributed by atoms with Crippen molar-refractivity contribution >= 4 is 17.9 Å². The summed E-state index contributed by atoms with van der Waals surface area (Å²) in [5.74, 6) is -1.73. The predicted molar refractivity (Wildman–Crippen MR) is 99.4 cm³/mol. The molecule has 2 saturated carbocycles. The largest absolute Gasteiger partial charge is 0.465 e. The minimum Gasteiger partial charge on any atom is -0.465 e. The molecule has 4 rings (SSSR count). The number of esters is 3. The summed E-state index contributed by atoms with van der Waals surface area (Å²) >= 11 is 0. The lowest BCUT2D eigenvalue weighted by Crippen LogP contribution is -2.48. The summed E-state index contributed by atoms with van der Waals surface area (Å²) in [5, 5.41) is 10.3. The number of carbonyl (C=O) groups is 3. The molecule has 0 amide bonds. The number of hydrogen-bond acceptors (Lipinski definition) is 9. The number of aliphatic hydroxyl groups excluding tert-OH is 1. The normalized spacial score (nSPS) is 40.7. The lowest BCUT2D eigenvalue weighted by atomic mass is 9.71. The van der Waals surface area contributed by atoms with Gasteiger partial charge < -0.3 is 28.8 Å². The van der Waals surface area contributed by atoms with Crippen LogP contribution in [-0.4, -0.2) is 61.3 Å². The molecule has 0 bridgehead atoms. The third-order valence-corrected chi connectivity index (χ3v) is 7.14. The van der Waals surface area contributed by atoms with E-state index >= 15 is 0 Å². The van der Waals surface area contributed by atoms with Gasteiger partial charge in [-0.25, -0.2) is 0 Å². The summed E-state index contributed by atoms with van der Waals surface area (Å²) in [4.78, 5) is 34.6. The van der Waals surface area contributed by atoms with Gasteiger partial charge in [0.05, 0.1) is 32.0 Å². The molecule has 2 heterocycles. The van der Waals surface area contributed by atoms with E-state index in [9.17, 15) is 19.5 Å². The summed E-state index contributed by atoms with van der Waals surface area (Å²) in [6, 6.07) is 0. The maximum Gasteiger partial charge on any atom is 0.305 e. The number of hydrogen-bond donors (Lipinski definition) is 1. The molecule has 9 nitrogen and oxygen atoms in total. The van der Waals surface area contributed by atoms with Gasteiger partial charge in [0.1, 0.15) is 12.2 Å². The molecule has 4 aliphatic rings. The molecule has 0 aromatic carbocycles. The Bertz CT molecular complexity index is 770. The molecule has 3 fully saturated rings. The van der Waals surface area contributed by atoms with Crippen molar-refractivity contribution in [3.05, 3.63) is 11.8 Å².